The van der Waals surface area contributed by atoms with Crippen molar-refractivity contribution in [2.75, 3.05) is 17.7 Å². The molecule has 0 unspecified atom stereocenters. The molecule has 1 aromatic carbocycles. The lowest BCUT2D eigenvalue weighted by Gasteiger charge is -2.17. The molecule has 0 radical (unpaired) electrons. The van der Waals surface area contributed by atoms with Gasteiger partial charge in [-0.15, -0.1) is 0 Å². The zero-order chi connectivity index (χ0) is 18.1. The van der Waals surface area contributed by atoms with Gasteiger partial charge in [-0.25, -0.2) is 4.98 Å². The van der Waals surface area contributed by atoms with Gasteiger partial charge >= 0.3 is 0 Å². The first-order valence-corrected chi connectivity index (χ1v) is 8.52. The number of amides is 1. The number of nitrogens with one attached hydrogen (secondary N) is 1. The Balaban J connectivity index is 1.79. The van der Waals surface area contributed by atoms with Crippen molar-refractivity contribution in [2.45, 2.75) is 24.5 Å². The third-order valence-corrected chi connectivity index (χ3v) is 4.66. The van der Waals surface area contributed by atoms with Gasteiger partial charge in [0.2, 0.25) is 0 Å². The first kappa shape index (κ1) is 18.1. The van der Waals surface area contributed by atoms with Crippen LogP contribution in [0.15, 0.2) is 30.6 Å². The minimum atomic E-state index is -1.30. The second kappa shape index (κ2) is 7.25. The minimum Gasteiger partial charge on any atom is -0.394 e. The Labute approximate surface area is 156 Å². The van der Waals surface area contributed by atoms with Crippen LogP contribution in [-0.2, 0) is 4.74 Å². The number of hydrogen-bond donors (Lipinski definition) is 5. The first-order chi connectivity index (χ1) is 11.9. The Morgan fingerprint density at radius 2 is 2.00 bits per heavy atom. The van der Waals surface area contributed by atoms with Crippen molar-refractivity contribution in [3.8, 4) is 0 Å². The number of imidazole rings is 1. The number of nitrogen functional groups attached to an aromatic ring is 1. The van der Waals surface area contributed by atoms with Crippen molar-refractivity contribution in [1.29, 1.82) is 0 Å². The highest BCUT2D eigenvalue weighted by Gasteiger charge is 2.44. The number of benzene rings is 1. The summed E-state index contributed by atoms with van der Waals surface area (Å²) < 4.78 is 7.67. The van der Waals surface area contributed by atoms with Crippen LogP contribution in [0.5, 0.6) is 0 Å². The predicted octanol–water partition coefficient (Wildman–Crippen LogP) is -0.0663. The van der Waals surface area contributed by atoms with E-state index in [-0.39, 0.29) is 11.5 Å². The molecular formula is C15H17IN4O5. The summed E-state index contributed by atoms with van der Waals surface area (Å²) in [6.07, 6.45) is -3.30. The van der Waals surface area contributed by atoms with Gasteiger partial charge in [-0.2, -0.15) is 0 Å². The number of carbonyl (C=O) groups is 1. The van der Waals surface area contributed by atoms with Crippen molar-refractivity contribution >= 4 is 40.0 Å². The molecule has 1 aliphatic heterocycles. The zero-order valence-corrected chi connectivity index (χ0v) is 15.1. The number of anilines is 2. The molecule has 6 N–H and O–H groups in total. The summed E-state index contributed by atoms with van der Waals surface area (Å²) >= 11 is 2.16. The van der Waals surface area contributed by atoms with Crippen molar-refractivity contribution in [1.82, 2.24) is 9.55 Å². The van der Waals surface area contributed by atoms with Crippen molar-refractivity contribution in [2.24, 2.45) is 0 Å². The monoisotopic (exact) mass is 460 g/mol. The lowest BCUT2D eigenvalue weighted by atomic mass is 10.1. The Morgan fingerprint density at radius 3 is 2.60 bits per heavy atom. The summed E-state index contributed by atoms with van der Waals surface area (Å²) in [7, 11) is 0. The lowest BCUT2D eigenvalue weighted by Crippen LogP contribution is -2.33. The highest BCUT2D eigenvalue weighted by molar-refractivity contribution is 14.1. The van der Waals surface area contributed by atoms with Crippen LogP contribution in [0.2, 0.25) is 0 Å². The third kappa shape index (κ3) is 3.48. The van der Waals surface area contributed by atoms with E-state index in [0.717, 1.165) is 3.57 Å². The highest BCUT2D eigenvalue weighted by atomic mass is 127. The fourth-order valence-corrected chi connectivity index (χ4v) is 2.94. The maximum atomic E-state index is 12.4. The molecule has 2 aromatic rings. The van der Waals surface area contributed by atoms with Crippen LogP contribution in [0, 0.1) is 3.57 Å². The van der Waals surface area contributed by atoms with Gasteiger partial charge in [-0.3, -0.25) is 9.36 Å². The number of aromatic nitrogens is 2. The topological polar surface area (TPSA) is 143 Å². The molecule has 25 heavy (non-hydrogen) atoms. The Bertz CT molecular complexity index is 766. The fourth-order valence-electron chi connectivity index (χ4n) is 2.58. The first-order valence-electron chi connectivity index (χ1n) is 7.44. The molecule has 0 bridgehead atoms. The minimum absolute atomic E-state index is 0.0159. The number of aliphatic hydroxyl groups is 3. The van der Waals surface area contributed by atoms with Crippen LogP contribution < -0.4 is 11.1 Å². The number of ether oxygens (including phenoxy) is 1. The Kier molecular flexibility index (Phi) is 5.24. The summed E-state index contributed by atoms with van der Waals surface area (Å²) in [6.45, 7) is -0.455. The maximum Gasteiger partial charge on any atom is 0.278 e. The van der Waals surface area contributed by atoms with Gasteiger partial charge < -0.3 is 31.1 Å². The SMILES string of the molecule is Nc1c(C(=O)Nc2ccc(I)cc2)ncn1[C@@H]1O[C@H](CO)[C@@H](O)[C@H]1O. The van der Waals surface area contributed by atoms with E-state index in [0.29, 0.717) is 5.69 Å². The van der Waals surface area contributed by atoms with Crippen molar-refractivity contribution < 1.29 is 24.9 Å². The molecule has 2 heterocycles. The summed E-state index contributed by atoms with van der Waals surface area (Å²) in [5.41, 5.74) is 6.52. The third-order valence-electron chi connectivity index (χ3n) is 3.94. The van der Waals surface area contributed by atoms with E-state index >= 15 is 0 Å². The van der Waals surface area contributed by atoms with Crippen LogP contribution in [0.3, 0.4) is 0 Å². The van der Waals surface area contributed by atoms with Gasteiger partial charge in [0, 0.05) is 9.26 Å². The molecule has 10 heteroatoms. The van der Waals surface area contributed by atoms with Gasteiger partial charge in [0.15, 0.2) is 11.9 Å². The number of nitrogens with zero attached hydrogens (tertiary/aromatic N) is 2. The molecule has 1 fully saturated rings. The highest BCUT2D eigenvalue weighted by Crippen LogP contribution is 2.31. The molecule has 0 saturated carbocycles. The number of aliphatic hydroxyl groups excluding tert-OH is 3. The van der Waals surface area contributed by atoms with Gasteiger partial charge in [0.25, 0.3) is 5.91 Å². The van der Waals surface area contributed by atoms with E-state index < -0.39 is 37.1 Å². The van der Waals surface area contributed by atoms with Crippen LogP contribution in [0.25, 0.3) is 0 Å². The molecule has 0 aliphatic carbocycles. The van der Waals surface area contributed by atoms with E-state index in [1.165, 1.54) is 10.9 Å². The second-order valence-corrected chi connectivity index (χ2v) is 6.82. The molecule has 0 spiro atoms. The molecule has 1 saturated heterocycles. The van der Waals surface area contributed by atoms with E-state index in [9.17, 15) is 15.0 Å². The number of carbonyl (C=O) groups excluding carboxylic acids is 1. The summed E-state index contributed by atoms with van der Waals surface area (Å²) in [5, 5.41) is 31.7. The van der Waals surface area contributed by atoms with Crippen LogP contribution >= 0.6 is 22.6 Å². The van der Waals surface area contributed by atoms with Gasteiger partial charge in [0.1, 0.15) is 24.1 Å². The maximum absolute atomic E-state index is 12.4. The second-order valence-electron chi connectivity index (χ2n) is 5.58. The number of hydrogen-bond acceptors (Lipinski definition) is 7. The molecule has 134 valence electrons. The molecular weight excluding hydrogens is 443 g/mol. The van der Waals surface area contributed by atoms with Gasteiger partial charge in [0.05, 0.1) is 12.9 Å². The van der Waals surface area contributed by atoms with Gasteiger partial charge in [-0.1, -0.05) is 0 Å². The summed E-state index contributed by atoms with van der Waals surface area (Å²) in [4.78, 5) is 16.3. The van der Waals surface area contributed by atoms with Crippen LogP contribution in [-0.4, -0.2) is 55.7 Å². The average molecular weight is 460 g/mol. The average Bonchev–Trinajstić information content (AvgIpc) is 3.10. The van der Waals surface area contributed by atoms with Crippen LogP contribution in [0.4, 0.5) is 11.5 Å². The fraction of sp³-hybridized carbons (Fsp3) is 0.333. The normalized spacial score (nSPS) is 25.9. The van der Waals surface area contributed by atoms with Crippen LogP contribution in [0.1, 0.15) is 16.7 Å². The molecule has 3 rings (SSSR count). The lowest BCUT2D eigenvalue weighted by molar-refractivity contribution is -0.0518. The predicted molar refractivity (Wildman–Crippen MR) is 96.8 cm³/mol. The van der Waals surface area contributed by atoms with Crippen molar-refractivity contribution in [3.63, 3.8) is 0 Å². The summed E-state index contributed by atoms with van der Waals surface area (Å²) in [6, 6.07) is 7.19. The number of halogens is 1. The smallest absolute Gasteiger partial charge is 0.278 e. The largest absolute Gasteiger partial charge is 0.394 e. The molecule has 1 aliphatic rings. The Morgan fingerprint density at radius 1 is 1.32 bits per heavy atom. The summed E-state index contributed by atoms with van der Waals surface area (Å²) in [5.74, 6) is -0.526. The number of nitrogens with two attached hydrogens (primary N) is 1. The van der Waals surface area contributed by atoms with E-state index in [1.807, 2.05) is 12.1 Å². The standard InChI is InChI=1S/C15H17IN4O5/c16-7-1-3-8(4-2-7)19-14(24)10-13(17)20(6-18-10)15-12(23)11(22)9(5-21)25-15/h1-4,6,9,11-12,15,21-23H,5,17H2,(H,19,24)/t9-,11-,12-,15-/m1/s1. The zero-order valence-electron chi connectivity index (χ0n) is 12.9. The van der Waals surface area contributed by atoms with E-state index in [2.05, 4.69) is 32.9 Å². The molecule has 9 nitrogen and oxygen atoms in total. The van der Waals surface area contributed by atoms with E-state index in [4.69, 9.17) is 15.6 Å². The van der Waals surface area contributed by atoms with Gasteiger partial charge in [-0.05, 0) is 46.9 Å². The Hall–Kier alpha value is -1.73. The van der Waals surface area contributed by atoms with E-state index in [1.54, 1.807) is 12.1 Å². The molecule has 4 atom stereocenters. The number of rotatable bonds is 4. The van der Waals surface area contributed by atoms with Crippen molar-refractivity contribution in [3.05, 3.63) is 39.9 Å². The molecule has 1 amide bonds. The molecule has 1 aromatic heterocycles. The quantitative estimate of drug-likeness (QED) is 0.402.